The summed E-state index contributed by atoms with van der Waals surface area (Å²) >= 11 is 3.37. The van der Waals surface area contributed by atoms with Crippen molar-refractivity contribution in [3.8, 4) is 0 Å². The molecule has 0 aromatic heterocycles. The molecule has 0 heterocycles. The van der Waals surface area contributed by atoms with Crippen LogP contribution in [0.15, 0.2) is 22.7 Å². The van der Waals surface area contributed by atoms with Gasteiger partial charge in [0.1, 0.15) is 5.82 Å². The lowest BCUT2D eigenvalue weighted by atomic mass is 10.1. The van der Waals surface area contributed by atoms with Gasteiger partial charge in [0.2, 0.25) is 0 Å². The third-order valence-corrected chi connectivity index (χ3v) is 3.47. The van der Waals surface area contributed by atoms with Crippen molar-refractivity contribution in [2.75, 3.05) is 40.8 Å². The Morgan fingerprint density at radius 2 is 1.94 bits per heavy atom. The number of halogens is 2. The van der Waals surface area contributed by atoms with Gasteiger partial charge in [0.25, 0.3) is 0 Å². The van der Waals surface area contributed by atoms with E-state index in [0.29, 0.717) is 12.1 Å². The fraction of sp³-hybridized carbons (Fsp3) is 0.538. The molecule has 3 nitrogen and oxygen atoms in total. The first-order valence-electron chi connectivity index (χ1n) is 5.95. The van der Waals surface area contributed by atoms with Gasteiger partial charge < -0.3 is 10.6 Å². The highest BCUT2D eigenvalue weighted by Gasteiger charge is 2.19. The van der Waals surface area contributed by atoms with Crippen LogP contribution in [0.1, 0.15) is 11.6 Å². The molecule has 0 bridgehead atoms. The zero-order valence-electron chi connectivity index (χ0n) is 11.2. The molecule has 0 radical (unpaired) electrons. The van der Waals surface area contributed by atoms with Crippen LogP contribution in [0.4, 0.5) is 4.39 Å². The summed E-state index contributed by atoms with van der Waals surface area (Å²) in [5.41, 5.74) is 6.44. The molecule has 0 spiro atoms. The van der Waals surface area contributed by atoms with Gasteiger partial charge in [-0.05, 0) is 39.3 Å². The second kappa shape index (κ2) is 7.19. The summed E-state index contributed by atoms with van der Waals surface area (Å²) in [7, 11) is 6.01. The topological polar surface area (TPSA) is 32.5 Å². The number of likely N-dealkylation sites (N-methyl/N-ethyl adjacent to an activating group) is 2. The number of benzene rings is 1. The van der Waals surface area contributed by atoms with Gasteiger partial charge in [0.05, 0.1) is 0 Å². The van der Waals surface area contributed by atoms with Gasteiger partial charge in [-0.25, -0.2) is 4.39 Å². The van der Waals surface area contributed by atoms with Crippen LogP contribution in [0.25, 0.3) is 0 Å². The van der Waals surface area contributed by atoms with E-state index in [2.05, 4.69) is 25.7 Å². The quantitative estimate of drug-likeness (QED) is 0.872. The molecule has 0 amide bonds. The van der Waals surface area contributed by atoms with Gasteiger partial charge in [-0.2, -0.15) is 0 Å². The largest absolute Gasteiger partial charge is 0.329 e. The zero-order valence-corrected chi connectivity index (χ0v) is 12.7. The number of nitrogens with two attached hydrogens (primary N) is 1. The summed E-state index contributed by atoms with van der Waals surface area (Å²) in [6.07, 6.45) is 0. The SMILES string of the molecule is CN(C)CCN(C)C(CN)c1cc(Br)ccc1F. The standard InChI is InChI=1S/C13H21BrFN3/c1-17(2)6-7-18(3)13(9-16)11-8-10(14)4-5-12(11)15/h4-5,8,13H,6-7,9,16H2,1-3H3. The first kappa shape index (κ1) is 15.6. The molecule has 1 rings (SSSR count). The van der Waals surface area contributed by atoms with Crippen molar-refractivity contribution in [2.45, 2.75) is 6.04 Å². The minimum Gasteiger partial charge on any atom is -0.329 e. The van der Waals surface area contributed by atoms with Crippen molar-refractivity contribution in [1.82, 2.24) is 9.80 Å². The van der Waals surface area contributed by atoms with E-state index in [1.807, 2.05) is 21.1 Å². The lowest BCUT2D eigenvalue weighted by molar-refractivity contribution is 0.219. The molecule has 0 saturated carbocycles. The smallest absolute Gasteiger partial charge is 0.128 e. The molecule has 1 atom stereocenters. The predicted octanol–water partition coefficient (Wildman–Crippen LogP) is 2.08. The van der Waals surface area contributed by atoms with Crippen LogP contribution < -0.4 is 5.73 Å². The number of nitrogens with zero attached hydrogens (tertiary/aromatic N) is 2. The Hall–Kier alpha value is -0.490. The van der Waals surface area contributed by atoms with Crippen molar-refractivity contribution in [3.05, 3.63) is 34.1 Å². The van der Waals surface area contributed by atoms with Gasteiger partial charge in [0.15, 0.2) is 0 Å². The Labute approximate surface area is 117 Å². The van der Waals surface area contributed by atoms with Crippen LogP contribution in [0.2, 0.25) is 0 Å². The molecular weight excluding hydrogens is 297 g/mol. The Morgan fingerprint density at radius 3 is 2.50 bits per heavy atom. The summed E-state index contributed by atoms with van der Waals surface area (Å²) < 4.78 is 14.7. The molecule has 2 N–H and O–H groups in total. The summed E-state index contributed by atoms with van der Waals surface area (Å²) in [6, 6.07) is 4.88. The summed E-state index contributed by atoms with van der Waals surface area (Å²) in [5.74, 6) is -0.203. The lowest BCUT2D eigenvalue weighted by Crippen LogP contribution is -2.35. The number of hydrogen-bond donors (Lipinski definition) is 1. The maximum Gasteiger partial charge on any atom is 0.128 e. The van der Waals surface area contributed by atoms with Crippen molar-refractivity contribution < 1.29 is 4.39 Å². The van der Waals surface area contributed by atoms with Crippen LogP contribution in [0.5, 0.6) is 0 Å². The average Bonchev–Trinajstić information content (AvgIpc) is 2.32. The number of rotatable bonds is 6. The normalized spacial score (nSPS) is 13.3. The van der Waals surface area contributed by atoms with E-state index in [4.69, 9.17) is 5.73 Å². The maximum atomic E-state index is 13.9. The summed E-state index contributed by atoms with van der Waals surface area (Å²) in [5, 5.41) is 0. The van der Waals surface area contributed by atoms with Crippen LogP contribution in [-0.4, -0.2) is 50.6 Å². The molecule has 1 aromatic carbocycles. The fourth-order valence-electron chi connectivity index (χ4n) is 1.83. The second-order valence-electron chi connectivity index (χ2n) is 4.70. The third kappa shape index (κ3) is 4.31. The molecule has 18 heavy (non-hydrogen) atoms. The minimum atomic E-state index is -0.203. The van der Waals surface area contributed by atoms with E-state index in [-0.39, 0.29) is 11.9 Å². The van der Waals surface area contributed by atoms with Crippen LogP contribution in [0.3, 0.4) is 0 Å². The second-order valence-corrected chi connectivity index (χ2v) is 5.62. The lowest BCUT2D eigenvalue weighted by Gasteiger charge is -2.28. The zero-order chi connectivity index (χ0) is 13.7. The molecule has 0 saturated heterocycles. The van der Waals surface area contributed by atoms with Crippen LogP contribution in [-0.2, 0) is 0 Å². The summed E-state index contributed by atoms with van der Waals surface area (Å²) in [4.78, 5) is 4.19. The minimum absolute atomic E-state index is 0.0950. The highest BCUT2D eigenvalue weighted by molar-refractivity contribution is 9.10. The van der Waals surface area contributed by atoms with E-state index >= 15 is 0 Å². The van der Waals surface area contributed by atoms with Gasteiger partial charge in [0, 0.05) is 35.7 Å². The van der Waals surface area contributed by atoms with E-state index < -0.39 is 0 Å². The fourth-order valence-corrected chi connectivity index (χ4v) is 2.21. The van der Waals surface area contributed by atoms with Gasteiger partial charge in [-0.3, -0.25) is 4.90 Å². The average molecular weight is 318 g/mol. The Morgan fingerprint density at radius 1 is 1.28 bits per heavy atom. The van der Waals surface area contributed by atoms with Crippen molar-refractivity contribution >= 4 is 15.9 Å². The molecule has 102 valence electrons. The molecule has 1 unspecified atom stereocenters. The van der Waals surface area contributed by atoms with E-state index in [0.717, 1.165) is 17.6 Å². The highest BCUT2D eigenvalue weighted by atomic mass is 79.9. The first-order valence-corrected chi connectivity index (χ1v) is 6.75. The Bertz CT molecular complexity index is 384. The van der Waals surface area contributed by atoms with Crippen LogP contribution >= 0.6 is 15.9 Å². The van der Waals surface area contributed by atoms with Gasteiger partial charge in [-0.1, -0.05) is 15.9 Å². The maximum absolute atomic E-state index is 13.9. The Kier molecular flexibility index (Phi) is 6.21. The van der Waals surface area contributed by atoms with E-state index in [1.165, 1.54) is 6.07 Å². The Balaban J connectivity index is 2.84. The number of hydrogen-bond acceptors (Lipinski definition) is 3. The molecule has 0 aliphatic rings. The highest BCUT2D eigenvalue weighted by Crippen LogP contribution is 2.24. The molecule has 0 fully saturated rings. The monoisotopic (exact) mass is 317 g/mol. The third-order valence-electron chi connectivity index (χ3n) is 2.97. The molecule has 0 aliphatic carbocycles. The van der Waals surface area contributed by atoms with Crippen molar-refractivity contribution in [3.63, 3.8) is 0 Å². The first-order chi connectivity index (χ1) is 8.45. The van der Waals surface area contributed by atoms with Gasteiger partial charge >= 0.3 is 0 Å². The predicted molar refractivity (Wildman–Crippen MR) is 77.1 cm³/mol. The van der Waals surface area contributed by atoms with Crippen LogP contribution in [0, 0.1) is 5.82 Å². The van der Waals surface area contributed by atoms with Crippen molar-refractivity contribution in [2.24, 2.45) is 5.73 Å². The molecule has 0 aliphatic heterocycles. The van der Waals surface area contributed by atoms with E-state index in [1.54, 1.807) is 12.1 Å². The van der Waals surface area contributed by atoms with Crippen molar-refractivity contribution in [1.29, 1.82) is 0 Å². The molecule has 1 aromatic rings. The van der Waals surface area contributed by atoms with Gasteiger partial charge in [-0.15, -0.1) is 0 Å². The summed E-state index contributed by atoms with van der Waals surface area (Å²) in [6.45, 7) is 2.17. The van der Waals surface area contributed by atoms with E-state index in [9.17, 15) is 4.39 Å². The molecule has 5 heteroatoms. The molecular formula is C13H21BrFN3.